The maximum Gasteiger partial charge on any atom is 0.251 e. The third kappa shape index (κ3) is 7.31. The highest BCUT2D eigenvalue weighted by molar-refractivity contribution is 5.94. The van der Waals surface area contributed by atoms with Crippen molar-refractivity contribution >= 4 is 11.9 Å². The molecule has 0 aliphatic carbocycles. The molecule has 2 aromatic carbocycles. The molecule has 0 heterocycles. The molecule has 150 valence electrons. The van der Waals surface area contributed by atoms with Gasteiger partial charge >= 0.3 is 0 Å². The van der Waals surface area contributed by atoms with E-state index in [-0.39, 0.29) is 5.91 Å². The van der Waals surface area contributed by atoms with Gasteiger partial charge in [0.2, 0.25) is 0 Å². The largest absolute Gasteiger partial charge is 0.492 e. The van der Waals surface area contributed by atoms with E-state index in [1.807, 2.05) is 55.5 Å². The Bertz CT molecular complexity index is 772. The van der Waals surface area contributed by atoms with Crippen molar-refractivity contribution in [3.05, 3.63) is 65.2 Å². The highest BCUT2D eigenvalue weighted by Gasteiger charge is 2.04. The topological polar surface area (TPSA) is 74.8 Å². The summed E-state index contributed by atoms with van der Waals surface area (Å²) in [4.78, 5) is 16.3. The van der Waals surface area contributed by atoms with E-state index in [1.54, 1.807) is 7.05 Å². The van der Waals surface area contributed by atoms with Gasteiger partial charge in [0.05, 0.1) is 6.54 Å². The number of aryl methyl sites for hydroxylation is 1. The van der Waals surface area contributed by atoms with Crippen molar-refractivity contribution in [1.29, 1.82) is 0 Å². The number of nitrogens with zero attached hydrogens (tertiary/aromatic N) is 1. The lowest BCUT2D eigenvalue weighted by molar-refractivity contribution is 0.0963. The third-order valence-electron chi connectivity index (χ3n) is 4.12. The monoisotopic (exact) mass is 382 g/mol. The number of ether oxygens (including phenoxy) is 1. The van der Waals surface area contributed by atoms with Gasteiger partial charge in [0.1, 0.15) is 12.4 Å². The van der Waals surface area contributed by atoms with E-state index in [1.165, 1.54) is 5.56 Å². The SMILES string of the molecule is CCNC(=NCCc1cccc(C(=O)NC)c1)NCCOc1ccc(C)cc1. The van der Waals surface area contributed by atoms with Gasteiger partial charge in [-0.1, -0.05) is 29.8 Å². The predicted octanol–water partition coefficient (Wildman–Crippen LogP) is 2.53. The smallest absolute Gasteiger partial charge is 0.251 e. The van der Waals surface area contributed by atoms with Gasteiger partial charge in [-0.15, -0.1) is 0 Å². The molecule has 0 unspecified atom stereocenters. The number of rotatable bonds is 9. The first-order valence-corrected chi connectivity index (χ1v) is 9.65. The van der Waals surface area contributed by atoms with Crippen LogP contribution in [0, 0.1) is 6.92 Å². The molecule has 0 fully saturated rings. The molecule has 28 heavy (non-hydrogen) atoms. The summed E-state index contributed by atoms with van der Waals surface area (Å²) < 4.78 is 5.73. The van der Waals surface area contributed by atoms with Gasteiger partial charge < -0.3 is 20.7 Å². The molecule has 2 rings (SSSR count). The lowest BCUT2D eigenvalue weighted by atomic mass is 10.1. The second-order valence-electron chi connectivity index (χ2n) is 6.38. The predicted molar refractivity (Wildman–Crippen MR) is 114 cm³/mol. The average molecular weight is 383 g/mol. The molecule has 0 aliphatic heterocycles. The fourth-order valence-corrected chi connectivity index (χ4v) is 2.62. The highest BCUT2D eigenvalue weighted by Crippen LogP contribution is 2.10. The minimum Gasteiger partial charge on any atom is -0.492 e. The van der Waals surface area contributed by atoms with Gasteiger partial charge in [0.25, 0.3) is 5.91 Å². The Kier molecular flexibility index (Phi) is 8.85. The molecule has 6 heteroatoms. The summed E-state index contributed by atoms with van der Waals surface area (Å²) in [6.45, 7) is 6.72. The van der Waals surface area contributed by atoms with Crippen molar-refractivity contribution in [2.75, 3.05) is 33.3 Å². The first-order chi connectivity index (χ1) is 13.6. The molecule has 0 bridgehead atoms. The van der Waals surface area contributed by atoms with E-state index < -0.39 is 0 Å². The summed E-state index contributed by atoms with van der Waals surface area (Å²) in [6.07, 6.45) is 0.765. The van der Waals surface area contributed by atoms with Crippen LogP contribution in [0.4, 0.5) is 0 Å². The van der Waals surface area contributed by atoms with Gasteiger partial charge in [-0.25, -0.2) is 0 Å². The Morgan fingerprint density at radius 2 is 1.89 bits per heavy atom. The standard InChI is InChI=1S/C22H30N4O2/c1-4-24-22(26-14-15-28-20-10-8-17(2)9-11-20)25-13-12-18-6-5-7-19(16-18)21(27)23-3/h5-11,16H,4,12-15H2,1-3H3,(H,23,27)(H2,24,25,26). The number of amides is 1. The Morgan fingerprint density at radius 1 is 1.11 bits per heavy atom. The lowest BCUT2D eigenvalue weighted by Gasteiger charge is -2.12. The number of hydrogen-bond donors (Lipinski definition) is 3. The van der Waals surface area contributed by atoms with Crippen molar-refractivity contribution in [1.82, 2.24) is 16.0 Å². The van der Waals surface area contributed by atoms with Crippen LogP contribution >= 0.6 is 0 Å². The van der Waals surface area contributed by atoms with Crippen molar-refractivity contribution in [3.63, 3.8) is 0 Å². The molecule has 3 N–H and O–H groups in total. The number of hydrogen-bond acceptors (Lipinski definition) is 3. The molecule has 0 saturated carbocycles. The molecule has 0 spiro atoms. The zero-order chi connectivity index (χ0) is 20.2. The highest BCUT2D eigenvalue weighted by atomic mass is 16.5. The van der Waals surface area contributed by atoms with E-state index in [4.69, 9.17) is 4.74 Å². The Labute approximate surface area is 167 Å². The fourth-order valence-electron chi connectivity index (χ4n) is 2.62. The van der Waals surface area contributed by atoms with Gasteiger partial charge in [0, 0.05) is 25.7 Å². The lowest BCUT2D eigenvalue weighted by Crippen LogP contribution is -2.39. The quantitative estimate of drug-likeness (QED) is 0.354. The van der Waals surface area contributed by atoms with Crippen molar-refractivity contribution in [2.45, 2.75) is 20.3 Å². The van der Waals surface area contributed by atoms with Gasteiger partial charge in [-0.3, -0.25) is 9.79 Å². The normalized spacial score (nSPS) is 11.0. The van der Waals surface area contributed by atoms with E-state index in [9.17, 15) is 4.79 Å². The summed E-state index contributed by atoms with van der Waals surface area (Å²) >= 11 is 0. The summed E-state index contributed by atoms with van der Waals surface area (Å²) in [7, 11) is 1.64. The van der Waals surface area contributed by atoms with Crippen molar-refractivity contribution < 1.29 is 9.53 Å². The minimum absolute atomic E-state index is 0.0751. The van der Waals surface area contributed by atoms with Crippen LogP contribution in [0.15, 0.2) is 53.5 Å². The molecular weight excluding hydrogens is 352 g/mol. The molecule has 0 saturated heterocycles. The maximum atomic E-state index is 11.7. The summed E-state index contributed by atoms with van der Waals surface area (Å²) in [5.41, 5.74) is 2.97. The van der Waals surface area contributed by atoms with E-state index in [0.717, 1.165) is 30.2 Å². The maximum absolute atomic E-state index is 11.7. The molecule has 0 aliphatic rings. The van der Waals surface area contributed by atoms with Crippen molar-refractivity contribution in [2.24, 2.45) is 4.99 Å². The van der Waals surface area contributed by atoms with E-state index >= 15 is 0 Å². The number of benzene rings is 2. The Balaban J connectivity index is 1.79. The molecule has 6 nitrogen and oxygen atoms in total. The second-order valence-corrected chi connectivity index (χ2v) is 6.38. The van der Waals surface area contributed by atoms with Crippen LogP contribution in [0.3, 0.4) is 0 Å². The first kappa shape index (κ1) is 21.3. The van der Waals surface area contributed by atoms with Gasteiger partial charge in [0.15, 0.2) is 5.96 Å². The summed E-state index contributed by atoms with van der Waals surface area (Å²) in [5.74, 6) is 1.55. The Morgan fingerprint density at radius 3 is 2.61 bits per heavy atom. The molecular formula is C22H30N4O2. The van der Waals surface area contributed by atoms with Crippen LogP contribution in [0.5, 0.6) is 5.75 Å². The molecule has 2 aromatic rings. The minimum atomic E-state index is -0.0751. The van der Waals surface area contributed by atoms with Crippen LogP contribution in [0.25, 0.3) is 0 Å². The van der Waals surface area contributed by atoms with Crippen LogP contribution in [0.2, 0.25) is 0 Å². The average Bonchev–Trinajstić information content (AvgIpc) is 2.72. The molecule has 0 radical (unpaired) electrons. The number of guanidine groups is 1. The molecule has 1 amide bonds. The fraction of sp³-hybridized carbons (Fsp3) is 0.364. The summed E-state index contributed by atoms with van der Waals surface area (Å²) in [5, 5.41) is 9.15. The van der Waals surface area contributed by atoms with Gasteiger partial charge in [-0.05, 0) is 50.1 Å². The van der Waals surface area contributed by atoms with Gasteiger partial charge in [-0.2, -0.15) is 0 Å². The number of carbonyl (C=O) groups is 1. The van der Waals surface area contributed by atoms with Crippen LogP contribution < -0.4 is 20.7 Å². The Hall–Kier alpha value is -3.02. The molecule has 0 atom stereocenters. The zero-order valence-electron chi connectivity index (χ0n) is 16.9. The van der Waals surface area contributed by atoms with Crippen LogP contribution in [-0.4, -0.2) is 45.2 Å². The molecule has 0 aromatic heterocycles. The van der Waals surface area contributed by atoms with Crippen LogP contribution in [-0.2, 0) is 6.42 Å². The second kappa shape index (κ2) is 11.6. The number of aliphatic imine (C=N–C) groups is 1. The first-order valence-electron chi connectivity index (χ1n) is 9.65. The number of nitrogens with one attached hydrogen (secondary N) is 3. The zero-order valence-corrected chi connectivity index (χ0v) is 16.9. The summed E-state index contributed by atoms with van der Waals surface area (Å²) in [6, 6.07) is 15.6. The number of carbonyl (C=O) groups excluding carboxylic acids is 1. The van der Waals surface area contributed by atoms with Crippen LogP contribution in [0.1, 0.15) is 28.4 Å². The third-order valence-corrected chi connectivity index (χ3v) is 4.12. The van der Waals surface area contributed by atoms with E-state index in [2.05, 4.69) is 27.9 Å². The van der Waals surface area contributed by atoms with Crippen molar-refractivity contribution in [3.8, 4) is 5.75 Å². The van der Waals surface area contributed by atoms with E-state index in [0.29, 0.717) is 25.3 Å².